The van der Waals surface area contributed by atoms with Gasteiger partial charge in [0.2, 0.25) is 5.91 Å². The Balaban J connectivity index is 1.61. The monoisotopic (exact) mass is 416 g/mol. The van der Waals surface area contributed by atoms with Crippen LogP contribution in [0.4, 0.5) is 24.5 Å². The number of aromatic nitrogens is 2. The number of hydrogen-bond acceptors (Lipinski definition) is 3. The number of benzene rings is 2. The zero-order valence-corrected chi connectivity index (χ0v) is 16.0. The number of rotatable bonds is 6. The molecule has 0 radical (unpaired) electrons. The molecule has 3 aromatic rings. The number of carbonyl (C=O) groups excluding carboxylic acids is 2. The molecule has 0 aliphatic heterocycles. The van der Waals surface area contributed by atoms with Gasteiger partial charge in [-0.25, -0.2) is 0 Å². The molecular formula is C21H19F3N4O2. The molecule has 6 nitrogen and oxygen atoms in total. The van der Waals surface area contributed by atoms with Crippen molar-refractivity contribution >= 4 is 23.2 Å². The van der Waals surface area contributed by atoms with Gasteiger partial charge in [-0.3, -0.25) is 14.3 Å². The van der Waals surface area contributed by atoms with Crippen LogP contribution in [-0.4, -0.2) is 21.6 Å². The normalized spacial score (nSPS) is 11.2. The summed E-state index contributed by atoms with van der Waals surface area (Å²) in [7, 11) is 1.79. The van der Waals surface area contributed by atoms with Gasteiger partial charge >= 0.3 is 6.18 Å². The van der Waals surface area contributed by atoms with Crippen LogP contribution in [0.25, 0.3) is 0 Å². The third-order valence-electron chi connectivity index (χ3n) is 4.26. The van der Waals surface area contributed by atoms with Crippen molar-refractivity contribution in [1.82, 2.24) is 9.78 Å². The highest BCUT2D eigenvalue weighted by molar-refractivity contribution is 6.05. The van der Waals surface area contributed by atoms with E-state index in [1.165, 1.54) is 24.3 Å². The van der Waals surface area contributed by atoms with E-state index in [0.717, 1.165) is 17.7 Å². The van der Waals surface area contributed by atoms with Gasteiger partial charge in [0.15, 0.2) is 0 Å². The molecule has 0 fully saturated rings. The fraction of sp³-hybridized carbons (Fsp3) is 0.190. The third-order valence-corrected chi connectivity index (χ3v) is 4.26. The fourth-order valence-electron chi connectivity index (χ4n) is 2.80. The topological polar surface area (TPSA) is 76.0 Å². The van der Waals surface area contributed by atoms with Gasteiger partial charge in [0.05, 0.1) is 11.8 Å². The molecule has 0 saturated heterocycles. The van der Waals surface area contributed by atoms with Gasteiger partial charge in [-0.1, -0.05) is 12.1 Å². The van der Waals surface area contributed by atoms with Gasteiger partial charge < -0.3 is 10.6 Å². The lowest BCUT2D eigenvalue weighted by Crippen LogP contribution is -2.15. The summed E-state index contributed by atoms with van der Waals surface area (Å²) in [5.41, 5.74) is 0.734. The minimum absolute atomic E-state index is 0.0285. The van der Waals surface area contributed by atoms with E-state index in [1.807, 2.05) is 6.20 Å². The second kappa shape index (κ2) is 8.81. The van der Waals surface area contributed by atoms with Gasteiger partial charge in [-0.2, -0.15) is 18.3 Å². The standard InChI is InChI=1S/C21H19F3N4O2/c1-28-13-14(12-25-28)8-9-19(29)26-17-6-2-4-15(10-17)20(30)27-18-7-3-5-16(11-18)21(22,23)24/h2-7,10-13H,8-9H2,1H3,(H,26,29)(H,27,30). The lowest BCUT2D eigenvalue weighted by Gasteiger charge is -2.11. The highest BCUT2D eigenvalue weighted by Gasteiger charge is 2.30. The highest BCUT2D eigenvalue weighted by Crippen LogP contribution is 2.30. The van der Waals surface area contributed by atoms with Crippen molar-refractivity contribution < 1.29 is 22.8 Å². The second-order valence-corrected chi connectivity index (χ2v) is 6.68. The van der Waals surface area contributed by atoms with E-state index in [2.05, 4.69) is 15.7 Å². The number of nitrogens with zero attached hydrogens (tertiary/aromatic N) is 2. The molecule has 0 bridgehead atoms. The Kier molecular flexibility index (Phi) is 6.20. The molecule has 0 aliphatic rings. The Morgan fingerprint density at radius 3 is 2.40 bits per heavy atom. The number of anilines is 2. The SMILES string of the molecule is Cn1cc(CCC(=O)Nc2cccc(C(=O)Nc3cccc(C(F)(F)F)c3)c2)cn1. The van der Waals surface area contributed by atoms with Crippen LogP contribution >= 0.6 is 0 Å². The van der Waals surface area contributed by atoms with Crippen molar-refractivity contribution in [3.05, 3.63) is 77.6 Å². The highest BCUT2D eigenvalue weighted by atomic mass is 19.4. The van der Waals surface area contributed by atoms with Gasteiger partial charge in [-0.05, 0) is 48.4 Å². The van der Waals surface area contributed by atoms with E-state index in [4.69, 9.17) is 0 Å². The van der Waals surface area contributed by atoms with Gasteiger partial charge in [0, 0.05) is 36.6 Å². The summed E-state index contributed by atoms with van der Waals surface area (Å²) in [5.74, 6) is -0.810. The van der Waals surface area contributed by atoms with Crippen LogP contribution in [0.3, 0.4) is 0 Å². The van der Waals surface area contributed by atoms with Crippen LogP contribution in [0, 0.1) is 0 Å². The number of amides is 2. The molecule has 0 spiro atoms. The molecule has 9 heteroatoms. The van der Waals surface area contributed by atoms with Crippen molar-refractivity contribution in [2.75, 3.05) is 10.6 Å². The van der Waals surface area contributed by atoms with E-state index in [0.29, 0.717) is 12.1 Å². The molecule has 0 aliphatic carbocycles. The smallest absolute Gasteiger partial charge is 0.326 e. The Morgan fingerprint density at radius 1 is 1.03 bits per heavy atom. The van der Waals surface area contributed by atoms with Crippen LogP contribution in [-0.2, 0) is 24.4 Å². The predicted molar refractivity (Wildman–Crippen MR) is 106 cm³/mol. The molecule has 0 saturated carbocycles. The van der Waals surface area contributed by atoms with Crippen molar-refractivity contribution in [3.8, 4) is 0 Å². The van der Waals surface area contributed by atoms with Crippen LogP contribution < -0.4 is 10.6 Å². The number of hydrogen-bond donors (Lipinski definition) is 2. The number of alkyl halides is 3. The molecule has 2 N–H and O–H groups in total. The van der Waals surface area contributed by atoms with E-state index < -0.39 is 17.6 Å². The van der Waals surface area contributed by atoms with Crippen LogP contribution in [0.1, 0.15) is 27.9 Å². The summed E-state index contributed by atoms with van der Waals surface area (Å²) < 4.78 is 40.1. The lowest BCUT2D eigenvalue weighted by molar-refractivity contribution is -0.137. The maximum Gasteiger partial charge on any atom is 0.416 e. The zero-order valence-electron chi connectivity index (χ0n) is 16.0. The summed E-state index contributed by atoms with van der Waals surface area (Å²) in [6.07, 6.45) is -0.222. The molecule has 3 rings (SSSR count). The van der Waals surface area contributed by atoms with Crippen LogP contribution in [0.2, 0.25) is 0 Å². The first kappa shape index (κ1) is 21.1. The molecule has 0 atom stereocenters. The average molecular weight is 416 g/mol. The van der Waals surface area contributed by atoms with Crippen molar-refractivity contribution in [1.29, 1.82) is 0 Å². The summed E-state index contributed by atoms with van der Waals surface area (Å²) >= 11 is 0. The summed E-state index contributed by atoms with van der Waals surface area (Å²) in [5, 5.41) is 9.19. The first-order chi connectivity index (χ1) is 14.2. The van der Waals surface area contributed by atoms with Crippen LogP contribution in [0.5, 0.6) is 0 Å². The molecule has 156 valence electrons. The lowest BCUT2D eigenvalue weighted by atomic mass is 10.1. The summed E-state index contributed by atoms with van der Waals surface area (Å²) in [4.78, 5) is 24.6. The molecule has 2 amide bonds. The van der Waals surface area contributed by atoms with E-state index >= 15 is 0 Å². The first-order valence-corrected chi connectivity index (χ1v) is 9.07. The molecule has 2 aromatic carbocycles. The Bertz CT molecular complexity index is 1060. The molecule has 1 heterocycles. The first-order valence-electron chi connectivity index (χ1n) is 9.07. The largest absolute Gasteiger partial charge is 0.416 e. The number of aryl methyl sites for hydroxylation is 2. The summed E-state index contributed by atoms with van der Waals surface area (Å²) in [6, 6.07) is 10.6. The van der Waals surface area contributed by atoms with Crippen LogP contribution in [0.15, 0.2) is 60.9 Å². The Labute approximate surface area is 170 Å². The van der Waals surface area contributed by atoms with Crippen molar-refractivity contribution in [3.63, 3.8) is 0 Å². The second-order valence-electron chi connectivity index (χ2n) is 6.68. The van der Waals surface area contributed by atoms with Crippen molar-refractivity contribution in [2.45, 2.75) is 19.0 Å². The predicted octanol–water partition coefficient (Wildman–Crippen LogP) is 4.26. The number of halogens is 3. The van der Waals surface area contributed by atoms with Gasteiger partial charge in [-0.15, -0.1) is 0 Å². The van der Waals surface area contributed by atoms with E-state index in [9.17, 15) is 22.8 Å². The molecule has 30 heavy (non-hydrogen) atoms. The van der Waals surface area contributed by atoms with Gasteiger partial charge in [0.1, 0.15) is 0 Å². The Hall–Kier alpha value is -3.62. The molecular weight excluding hydrogens is 397 g/mol. The minimum Gasteiger partial charge on any atom is -0.326 e. The quantitative estimate of drug-likeness (QED) is 0.630. The third kappa shape index (κ3) is 5.69. The molecule has 0 unspecified atom stereocenters. The average Bonchev–Trinajstić information content (AvgIpc) is 3.11. The fourth-order valence-corrected chi connectivity index (χ4v) is 2.80. The number of nitrogens with one attached hydrogen (secondary N) is 2. The summed E-state index contributed by atoms with van der Waals surface area (Å²) in [6.45, 7) is 0. The molecule has 1 aromatic heterocycles. The van der Waals surface area contributed by atoms with E-state index in [1.54, 1.807) is 30.1 Å². The van der Waals surface area contributed by atoms with E-state index in [-0.39, 0.29) is 23.6 Å². The number of carbonyl (C=O) groups is 2. The maximum absolute atomic E-state index is 12.8. The van der Waals surface area contributed by atoms with Gasteiger partial charge in [0.25, 0.3) is 5.91 Å². The maximum atomic E-state index is 12.8. The Morgan fingerprint density at radius 2 is 1.73 bits per heavy atom. The van der Waals surface area contributed by atoms with Crippen molar-refractivity contribution in [2.24, 2.45) is 7.05 Å². The minimum atomic E-state index is -4.50. The zero-order chi connectivity index (χ0) is 21.7.